The van der Waals surface area contributed by atoms with E-state index >= 15 is 0 Å². The van der Waals surface area contributed by atoms with Crippen LogP contribution >= 0.6 is 11.6 Å². The molecule has 0 unspecified atom stereocenters. The van der Waals surface area contributed by atoms with Crippen LogP contribution in [0.3, 0.4) is 0 Å². The Bertz CT molecular complexity index is 400. The van der Waals surface area contributed by atoms with Crippen LogP contribution in [0.25, 0.3) is 0 Å². The summed E-state index contributed by atoms with van der Waals surface area (Å²) in [4.78, 5) is 14.1. The first kappa shape index (κ1) is 12.4. The number of rotatable bonds is 2. The third-order valence-corrected chi connectivity index (χ3v) is 3.41. The summed E-state index contributed by atoms with van der Waals surface area (Å²) in [7, 11) is 2.07. The molecule has 0 N–H and O–H groups in total. The Balaban J connectivity index is 1.95. The SMILES string of the molecule is CN1CCC(C(=O)Oc2ccccc2Cl)CC1. The second-order valence-electron chi connectivity index (χ2n) is 4.43. The summed E-state index contributed by atoms with van der Waals surface area (Å²) in [5.41, 5.74) is 0. The van der Waals surface area contributed by atoms with Gasteiger partial charge in [0.15, 0.2) is 0 Å². The van der Waals surface area contributed by atoms with E-state index in [4.69, 9.17) is 16.3 Å². The van der Waals surface area contributed by atoms with E-state index in [2.05, 4.69) is 11.9 Å². The van der Waals surface area contributed by atoms with Crippen molar-refractivity contribution in [2.24, 2.45) is 5.92 Å². The first-order chi connectivity index (χ1) is 8.16. The van der Waals surface area contributed by atoms with Crippen molar-refractivity contribution in [1.82, 2.24) is 4.90 Å². The van der Waals surface area contributed by atoms with Crippen molar-refractivity contribution >= 4 is 17.6 Å². The van der Waals surface area contributed by atoms with Crippen LogP contribution in [0.15, 0.2) is 24.3 Å². The topological polar surface area (TPSA) is 29.5 Å². The van der Waals surface area contributed by atoms with Crippen LogP contribution in [0.4, 0.5) is 0 Å². The van der Waals surface area contributed by atoms with Gasteiger partial charge in [-0.15, -0.1) is 0 Å². The summed E-state index contributed by atoms with van der Waals surface area (Å²) in [6.45, 7) is 1.89. The second-order valence-corrected chi connectivity index (χ2v) is 4.84. The third kappa shape index (κ3) is 3.20. The van der Waals surface area contributed by atoms with Gasteiger partial charge in [-0.05, 0) is 45.1 Å². The summed E-state index contributed by atoms with van der Waals surface area (Å²) in [5.74, 6) is 0.298. The highest BCUT2D eigenvalue weighted by molar-refractivity contribution is 6.32. The predicted octanol–water partition coefficient (Wildman–Crippen LogP) is 2.59. The lowest BCUT2D eigenvalue weighted by atomic mass is 9.97. The molecule has 1 fully saturated rings. The molecule has 0 radical (unpaired) electrons. The molecule has 1 aromatic carbocycles. The molecule has 1 aliphatic heterocycles. The minimum absolute atomic E-state index is 0.00229. The fourth-order valence-electron chi connectivity index (χ4n) is 1.96. The molecule has 2 rings (SSSR count). The van der Waals surface area contributed by atoms with Gasteiger partial charge in [0.1, 0.15) is 5.75 Å². The van der Waals surface area contributed by atoms with Gasteiger partial charge in [0.25, 0.3) is 0 Å². The maximum Gasteiger partial charge on any atom is 0.314 e. The van der Waals surface area contributed by atoms with Crippen molar-refractivity contribution in [3.63, 3.8) is 0 Å². The molecule has 0 saturated carbocycles. The van der Waals surface area contributed by atoms with E-state index in [9.17, 15) is 4.79 Å². The van der Waals surface area contributed by atoms with Crippen molar-refractivity contribution in [3.8, 4) is 5.75 Å². The zero-order valence-electron chi connectivity index (χ0n) is 9.86. The number of para-hydroxylation sites is 1. The number of piperidine rings is 1. The quantitative estimate of drug-likeness (QED) is 0.599. The van der Waals surface area contributed by atoms with E-state index in [0.717, 1.165) is 25.9 Å². The fraction of sp³-hybridized carbons (Fsp3) is 0.462. The van der Waals surface area contributed by atoms with Crippen LogP contribution in [0.5, 0.6) is 5.75 Å². The van der Waals surface area contributed by atoms with E-state index in [-0.39, 0.29) is 11.9 Å². The molecule has 0 spiro atoms. The molecule has 0 aromatic heterocycles. The highest BCUT2D eigenvalue weighted by Gasteiger charge is 2.25. The molecule has 0 atom stereocenters. The van der Waals surface area contributed by atoms with Gasteiger partial charge in [0, 0.05) is 0 Å². The lowest BCUT2D eigenvalue weighted by Crippen LogP contribution is -2.35. The van der Waals surface area contributed by atoms with E-state index in [0.29, 0.717) is 10.8 Å². The van der Waals surface area contributed by atoms with Gasteiger partial charge >= 0.3 is 5.97 Å². The lowest BCUT2D eigenvalue weighted by molar-refractivity contribution is -0.140. The second kappa shape index (κ2) is 5.52. The Morgan fingerprint density at radius 3 is 2.65 bits per heavy atom. The van der Waals surface area contributed by atoms with Crippen molar-refractivity contribution in [3.05, 3.63) is 29.3 Å². The number of halogens is 1. The largest absolute Gasteiger partial charge is 0.425 e. The Kier molecular flexibility index (Phi) is 4.02. The molecule has 3 nitrogen and oxygen atoms in total. The zero-order chi connectivity index (χ0) is 12.3. The Labute approximate surface area is 106 Å². The van der Waals surface area contributed by atoms with Gasteiger partial charge in [-0.25, -0.2) is 0 Å². The highest BCUT2D eigenvalue weighted by Crippen LogP contribution is 2.25. The Morgan fingerprint density at radius 1 is 1.35 bits per heavy atom. The first-order valence-electron chi connectivity index (χ1n) is 5.81. The molecule has 92 valence electrons. The molecule has 1 aromatic rings. The number of esters is 1. The summed E-state index contributed by atoms with van der Waals surface area (Å²) in [5, 5.41) is 0.480. The Morgan fingerprint density at radius 2 is 2.00 bits per heavy atom. The predicted molar refractivity (Wildman–Crippen MR) is 67.3 cm³/mol. The van der Waals surface area contributed by atoms with Crippen LogP contribution in [0.1, 0.15) is 12.8 Å². The van der Waals surface area contributed by atoms with Gasteiger partial charge in [-0.2, -0.15) is 0 Å². The Hall–Kier alpha value is -1.06. The van der Waals surface area contributed by atoms with E-state index in [1.165, 1.54) is 0 Å². The third-order valence-electron chi connectivity index (χ3n) is 3.10. The van der Waals surface area contributed by atoms with Gasteiger partial charge in [0.05, 0.1) is 10.9 Å². The first-order valence-corrected chi connectivity index (χ1v) is 6.19. The molecule has 1 saturated heterocycles. The average Bonchev–Trinajstić information content (AvgIpc) is 2.33. The smallest absolute Gasteiger partial charge is 0.314 e. The van der Waals surface area contributed by atoms with Gasteiger partial charge in [0.2, 0.25) is 0 Å². The fourth-order valence-corrected chi connectivity index (χ4v) is 2.14. The molecule has 1 aliphatic rings. The van der Waals surface area contributed by atoms with Crippen LogP contribution in [-0.2, 0) is 4.79 Å². The van der Waals surface area contributed by atoms with Crippen LogP contribution in [-0.4, -0.2) is 31.0 Å². The van der Waals surface area contributed by atoms with E-state index in [1.54, 1.807) is 12.1 Å². The summed E-state index contributed by atoms with van der Waals surface area (Å²) < 4.78 is 5.33. The molecule has 1 heterocycles. The molecule has 4 heteroatoms. The summed E-state index contributed by atoms with van der Waals surface area (Å²) in [6.07, 6.45) is 1.72. The lowest BCUT2D eigenvalue weighted by Gasteiger charge is -2.27. The minimum Gasteiger partial charge on any atom is -0.425 e. The van der Waals surface area contributed by atoms with Gasteiger partial charge < -0.3 is 9.64 Å². The van der Waals surface area contributed by atoms with Crippen molar-refractivity contribution in [1.29, 1.82) is 0 Å². The molecule has 0 bridgehead atoms. The highest BCUT2D eigenvalue weighted by atomic mass is 35.5. The molecule has 0 aliphatic carbocycles. The van der Waals surface area contributed by atoms with Gasteiger partial charge in [-0.1, -0.05) is 23.7 Å². The number of ether oxygens (including phenoxy) is 1. The molecule has 17 heavy (non-hydrogen) atoms. The summed E-state index contributed by atoms with van der Waals surface area (Å²) >= 11 is 5.94. The number of benzene rings is 1. The van der Waals surface area contributed by atoms with Crippen LogP contribution < -0.4 is 4.74 Å². The summed E-state index contributed by atoms with van der Waals surface area (Å²) in [6, 6.07) is 7.06. The molecule has 0 amide bonds. The standard InChI is InChI=1S/C13H16ClNO2/c1-15-8-6-10(7-9-15)13(16)17-12-5-3-2-4-11(12)14/h2-5,10H,6-9H2,1H3. The van der Waals surface area contributed by atoms with Crippen molar-refractivity contribution in [2.45, 2.75) is 12.8 Å². The monoisotopic (exact) mass is 253 g/mol. The number of carbonyl (C=O) groups is 1. The number of likely N-dealkylation sites (tertiary alicyclic amines) is 1. The van der Waals surface area contributed by atoms with Gasteiger partial charge in [-0.3, -0.25) is 4.79 Å². The number of nitrogens with zero attached hydrogens (tertiary/aromatic N) is 1. The van der Waals surface area contributed by atoms with E-state index in [1.807, 2.05) is 12.1 Å². The van der Waals surface area contributed by atoms with E-state index < -0.39 is 0 Å². The normalized spacial score (nSPS) is 18.0. The number of hydrogen-bond acceptors (Lipinski definition) is 3. The van der Waals surface area contributed by atoms with Crippen LogP contribution in [0, 0.1) is 5.92 Å². The number of carbonyl (C=O) groups excluding carboxylic acids is 1. The maximum atomic E-state index is 11.9. The van der Waals surface area contributed by atoms with Crippen LogP contribution in [0.2, 0.25) is 5.02 Å². The molecular weight excluding hydrogens is 238 g/mol. The van der Waals surface area contributed by atoms with Crippen molar-refractivity contribution in [2.75, 3.05) is 20.1 Å². The number of hydrogen-bond donors (Lipinski definition) is 0. The molecular formula is C13H16ClNO2. The van der Waals surface area contributed by atoms with Crippen molar-refractivity contribution < 1.29 is 9.53 Å². The zero-order valence-corrected chi connectivity index (χ0v) is 10.6. The average molecular weight is 254 g/mol. The maximum absolute atomic E-state index is 11.9. The minimum atomic E-state index is -0.161.